The molecule has 10 heteroatoms. The molecule has 0 spiro atoms. The molecular formula is C25H19ClF3N5O. The predicted molar refractivity (Wildman–Crippen MR) is 126 cm³/mol. The number of rotatable bonds is 5. The van der Waals surface area contributed by atoms with Crippen molar-refractivity contribution >= 4 is 11.6 Å². The van der Waals surface area contributed by atoms with Crippen molar-refractivity contribution in [1.29, 1.82) is 0 Å². The van der Waals surface area contributed by atoms with Gasteiger partial charge in [0.05, 0.1) is 11.4 Å². The van der Waals surface area contributed by atoms with Crippen LogP contribution in [0, 0.1) is 0 Å². The van der Waals surface area contributed by atoms with Crippen LogP contribution < -0.4 is 5.56 Å². The van der Waals surface area contributed by atoms with E-state index in [9.17, 15) is 18.0 Å². The van der Waals surface area contributed by atoms with Crippen LogP contribution in [-0.4, -0.2) is 24.3 Å². The second-order valence-electron chi connectivity index (χ2n) is 8.15. The SMILES string of the molecule is Cn1nc(C(F)(F)F)c(Cc2nc3c(Cc4ccccc4)[nH]c(-c4ccccc4)cn-3c2=O)c1Cl. The first-order chi connectivity index (χ1) is 16.7. The maximum atomic E-state index is 13.6. The number of nitrogens with zero attached hydrogens (tertiary/aromatic N) is 4. The highest BCUT2D eigenvalue weighted by atomic mass is 35.5. The van der Waals surface area contributed by atoms with E-state index in [1.807, 2.05) is 60.7 Å². The van der Waals surface area contributed by atoms with Gasteiger partial charge < -0.3 is 4.98 Å². The molecule has 0 unspecified atom stereocenters. The van der Waals surface area contributed by atoms with Crippen molar-refractivity contribution in [2.45, 2.75) is 19.0 Å². The highest BCUT2D eigenvalue weighted by Crippen LogP contribution is 2.35. The Balaban J connectivity index is 1.67. The van der Waals surface area contributed by atoms with Gasteiger partial charge in [0.15, 0.2) is 11.5 Å². The smallest absolute Gasteiger partial charge is 0.354 e. The maximum absolute atomic E-state index is 13.6. The molecule has 2 aliphatic rings. The lowest BCUT2D eigenvalue weighted by Gasteiger charge is -2.13. The van der Waals surface area contributed by atoms with E-state index in [1.54, 1.807) is 6.20 Å². The number of alkyl halides is 3. The summed E-state index contributed by atoms with van der Waals surface area (Å²) in [6.07, 6.45) is -3.04. The Labute approximate surface area is 203 Å². The van der Waals surface area contributed by atoms with Crippen LogP contribution in [0.3, 0.4) is 0 Å². The number of nitrogens with one attached hydrogen (secondary N) is 1. The fourth-order valence-electron chi connectivity index (χ4n) is 4.08. The van der Waals surface area contributed by atoms with Crippen LogP contribution in [0.5, 0.6) is 0 Å². The van der Waals surface area contributed by atoms with Crippen LogP contribution in [0.4, 0.5) is 13.2 Å². The Hall–Kier alpha value is -3.85. The van der Waals surface area contributed by atoms with Gasteiger partial charge in [-0.2, -0.15) is 18.3 Å². The molecule has 1 aromatic heterocycles. The number of benzene rings is 2. The van der Waals surface area contributed by atoms with Crippen LogP contribution in [0.2, 0.25) is 5.15 Å². The van der Waals surface area contributed by atoms with E-state index in [-0.39, 0.29) is 16.4 Å². The van der Waals surface area contributed by atoms with Crippen LogP contribution in [0.15, 0.2) is 71.7 Å². The number of hydrogen-bond acceptors (Lipinski definition) is 3. The van der Waals surface area contributed by atoms with Crippen LogP contribution in [0.1, 0.15) is 28.2 Å². The van der Waals surface area contributed by atoms with Crippen molar-refractivity contribution in [2.75, 3.05) is 0 Å². The minimum absolute atomic E-state index is 0.0432. The fraction of sp³-hybridized carbons (Fsp3) is 0.160. The number of imidazole rings is 1. The number of hydrogen-bond donors (Lipinski definition) is 1. The van der Waals surface area contributed by atoms with Crippen LogP contribution in [0.25, 0.3) is 17.1 Å². The van der Waals surface area contributed by atoms with Crippen molar-refractivity contribution in [3.05, 3.63) is 111 Å². The highest BCUT2D eigenvalue weighted by molar-refractivity contribution is 6.30. The van der Waals surface area contributed by atoms with Crippen molar-refractivity contribution in [3.8, 4) is 17.1 Å². The predicted octanol–water partition coefficient (Wildman–Crippen LogP) is 5.25. The summed E-state index contributed by atoms with van der Waals surface area (Å²) < 4.78 is 43.0. The summed E-state index contributed by atoms with van der Waals surface area (Å²) in [5.41, 5.74) is 1.23. The summed E-state index contributed by atoms with van der Waals surface area (Å²) in [5, 5.41) is 3.32. The summed E-state index contributed by atoms with van der Waals surface area (Å²) in [6, 6.07) is 19.1. The maximum Gasteiger partial charge on any atom is 0.435 e. The average Bonchev–Trinajstić information content (AvgIpc) is 3.32. The third-order valence-corrected chi connectivity index (χ3v) is 6.21. The molecule has 35 heavy (non-hydrogen) atoms. The van der Waals surface area contributed by atoms with E-state index in [0.29, 0.717) is 23.6 Å². The topological polar surface area (TPSA) is 68.5 Å². The zero-order valence-corrected chi connectivity index (χ0v) is 19.2. The summed E-state index contributed by atoms with van der Waals surface area (Å²) >= 11 is 6.12. The number of halogens is 4. The summed E-state index contributed by atoms with van der Waals surface area (Å²) in [4.78, 5) is 21.2. The highest BCUT2D eigenvalue weighted by Gasteiger charge is 2.39. The van der Waals surface area contributed by atoms with Gasteiger partial charge in [-0.25, -0.2) is 4.98 Å². The first-order valence-electron chi connectivity index (χ1n) is 10.7. The molecule has 0 aliphatic carbocycles. The van der Waals surface area contributed by atoms with Crippen molar-refractivity contribution < 1.29 is 13.2 Å². The summed E-state index contributed by atoms with van der Waals surface area (Å²) in [6.45, 7) is 0. The number of aromatic nitrogens is 5. The number of fused-ring (bicyclic) bond motifs is 1. The Morgan fingerprint density at radius 1 is 1.00 bits per heavy atom. The first kappa shape index (κ1) is 22.9. The molecule has 6 nitrogen and oxygen atoms in total. The van der Waals surface area contributed by atoms with Gasteiger partial charge in [0, 0.05) is 31.6 Å². The largest absolute Gasteiger partial charge is 0.435 e. The molecule has 0 bridgehead atoms. The molecule has 3 heterocycles. The molecule has 1 N–H and O–H groups in total. The lowest BCUT2D eigenvalue weighted by atomic mass is 10.1. The standard InChI is InChI=1S/C25H19ClF3N5O/c1-33-22(26)17(21(32-33)25(27,28)29)13-19-24(35)34-14-20(16-10-6-3-7-11-16)30-18(23(34)31-19)12-15-8-4-2-5-9-15/h2-11,14,30H,12-13H2,1H3. The molecule has 2 aromatic carbocycles. The zero-order valence-electron chi connectivity index (χ0n) is 18.5. The molecule has 2 aliphatic heterocycles. The minimum atomic E-state index is -4.71. The Bertz CT molecular complexity index is 1520. The quantitative estimate of drug-likeness (QED) is 0.360. The lowest BCUT2D eigenvalue weighted by molar-refractivity contribution is -0.142. The lowest BCUT2D eigenvalue weighted by Crippen LogP contribution is -2.18. The van der Waals surface area contributed by atoms with E-state index < -0.39 is 23.9 Å². The monoisotopic (exact) mass is 497 g/mol. The van der Waals surface area contributed by atoms with Crippen molar-refractivity contribution in [3.63, 3.8) is 0 Å². The molecule has 0 saturated carbocycles. The first-order valence-corrected chi connectivity index (χ1v) is 11.1. The van der Waals surface area contributed by atoms with Crippen LogP contribution >= 0.6 is 11.6 Å². The Kier molecular flexibility index (Phi) is 5.72. The zero-order chi connectivity index (χ0) is 24.7. The summed E-state index contributed by atoms with van der Waals surface area (Å²) in [7, 11) is 1.32. The molecular weight excluding hydrogens is 479 g/mol. The van der Waals surface area contributed by atoms with E-state index >= 15 is 0 Å². The van der Waals surface area contributed by atoms with Gasteiger partial charge in [-0.3, -0.25) is 14.0 Å². The molecule has 0 atom stereocenters. The minimum Gasteiger partial charge on any atom is -0.354 e. The number of aryl methyl sites for hydroxylation is 1. The second kappa shape index (κ2) is 8.74. The van der Waals surface area contributed by atoms with E-state index in [1.165, 1.54) is 11.6 Å². The molecule has 0 radical (unpaired) electrons. The van der Waals surface area contributed by atoms with Gasteiger partial charge in [-0.15, -0.1) is 0 Å². The van der Waals surface area contributed by atoms with Crippen molar-refractivity contribution in [1.82, 2.24) is 24.3 Å². The average molecular weight is 498 g/mol. The molecule has 0 saturated heterocycles. The number of H-pyrrole nitrogens is 1. The fourth-order valence-corrected chi connectivity index (χ4v) is 4.27. The Morgan fingerprint density at radius 3 is 2.31 bits per heavy atom. The van der Waals surface area contributed by atoms with Gasteiger partial charge in [-0.1, -0.05) is 72.3 Å². The molecule has 5 rings (SSSR count). The summed E-state index contributed by atoms with van der Waals surface area (Å²) in [5.74, 6) is 0.349. The molecule has 0 fully saturated rings. The molecule has 0 amide bonds. The normalized spacial score (nSPS) is 11.9. The van der Waals surface area contributed by atoms with E-state index in [2.05, 4.69) is 15.1 Å². The number of aromatic amines is 1. The van der Waals surface area contributed by atoms with Gasteiger partial charge >= 0.3 is 6.18 Å². The third kappa shape index (κ3) is 4.35. The Morgan fingerprint density at radius 2 is 1.66 bits per heavy atom. The van der Waals surface area contributed by atoms with E-state index in [0.717, 1.165) is 15.8 Å². The second-order valence-corrected chi connectivity index (χ2v) is 8.51. The third-order valence-electron chi connectivity index (χ3n) is 5.74. The van der Waals surface area contributed by atoms with E-state index in [4.69, 9.17) is 11.6 Å². The molecule has 178 valence electrons. The van der Waals surface area contributed by atoms with Gasteiger partial charge in [-0.05, 0) is 11.1 Å². The van der Waals surface area contributed by atoms with Crippen molar-refractivity contribution in [2.24, 2.45) is 7.05 Å². The van der Waals surface area contributed by atoms with Gasteiger partial charge in [0.25, 0.3) is 5.56 Å². The van der Waals surface area contributed by atoms with Gasteiger partial charge in [0.2, 0.25) is 0 Å². The van der Waals surface area contributed by atoms with Gasteiger partial charge in [0.1, 0.15) is 10.8 Å². The van der Waals surface area contributed by atoms with Crippen LogP contribution in [-0.2, 0) is 26.1 Å². The molecule has 3 aromatic rings.